The third-order valence-electron chi connectivity index (χ3n) is 4.91. The second kappa shape index (κ2) is 7.63. The quantitative estimate of drug-likeness (QED) is 0.704. The smallest absolute Gasteiger partial charge is 0.328 e. The molecule has 0 aliphatic carbocycles. The Kier molecular flexibility index (Phi) is 4.88. The summed E-state index contributed by atoms with van der Waals surface area (Å²) in [7, 11) is 0. The molecule has 144 valence electrons. The first-order valence-corrected chi connectivity index (χ1v) is 9.07. The monoisotopic (exact) mass is 380 g/mol. The zero-order valence-corrected chi connectivity index (χ0v) is 15.2. The van der Waals surface area contributed by atoms with Crippen LogP contribution in [0.5, 0.6) is 0 Å². The molecule has 1 fully saturated rings. The van der Waals surface area contributed by atoms with Gasteiger partial charge in [-0.15, -0.1) is 0 Å². The summed E-state index contributed by atoms with van der Waals surface area (Å²) in [6.45, 7) is 1.43. The largest absolute Gasteiger partial charge is 0.480 e. The van der Waals surface area contributed by atoms with Gasteiger partial charge in [-0.3, -0.25) is 4.79 Å². The Morgan fingerprint density at radius 3 is 2.64 bits per heavy atom. The highest BCUT2D eigenvalue weighted by Crippen LogP contribution is 2.17. The van der Waals surface area contributed by atoms with Crippen LogP contribution in [0.3, 0.4) is 0 Å². The minimum atomic E-state index is -1.03. The summed E-state index contributed by atoms with van der Waals surface area (Å²) in [5, 5.41) is 9.64. The van der Waals surface area contributed by atoms with Gasteiger partial charge < -0.3 is 19.5 Å². The van der Waals surface area contributed by atoms with Gasteiger partial charge in [-0.1, -0.05) is 12.1 Å². The summed E-state index contributed by atoms with van der Waals surface area (Å²) >= 11 is 0. The van der Waals surface area contributed by atoms with Crippen molar-refractivity contribution in [2.45, 2.75) is 19.0 Å². The molecule has 28 heavy (non-hydrogen) atoms. The fraction of sp³-hybridized carbons (Fsp3) is 0.316. The number of carbonyl (C=O) groups is 2. The lowest BCUT2D eigenvalue weighted by Crippen LogP contribution is -2.58. The number of amides is 1. The van der Waals surface area contributed by atoms with E-state index in [2.05, 4.69) is 15.0 Å². The second-order valence-electron chi connectivity index (χ2n) is 6.61. The molecule has 9 nitrogen and oxygen atoms in total. The van der Waals surface area contributed by atoms with Gasteiger partial charge in [0.2, 0.25) is 11.9 Å². The van der Waals surface area contributed by atoms with Crippen molar-refractivity contribution in [1.82, 2.24) is 24.4 Å². The molecule has 0 saturated carbocycles. The highest BCUT2D eigenvalue weighted by Gasteiger charge is 2.35. The van der Waals surface area contributed by atoms with Crippen molar-refractivity contribution in [1.29, 1.82) is 0 Å². The van der Waals surface area contributed by atoms with Gasteiger partial charge in [-0.25, -0.2) is 19.7 Å². The molecule has 3 aromatic rings. The molecule has 9 heteroatoms. The minimum Gasteiger partial charge on any atom is -0.480 e. The number of fused-ring (bicyclic) bond motifs is 1. The maximum absolute atomic E-state index is 12.8. The van der Waals surface area contributed by atoms with Crippen molar-refractivity contribution in [2.24, 2.45) is 0 Å². The van der Waals surface area contributed by atoms with Gasteiger partial charge in [0, 0.05) is 38.4 Å². The van der Waals surface area contributed by atoms with Crippen LogP contribution in [0.2, 0.25) is 0 Å². The van der Waals surface area contributed by atoms with E-state index in [9.17, 15) is 14.7 Å². The first-order chi connectivity index (χ1) is 13.6. The molecule has 1 aromatic carbocycles. The fourth-order valence-corrected chi connectivity index (χ4v) is 3.48. The Bertz CT molecular complexity index is 990. The standard InChI is InChI=1S/C19H20N6O3/c26-17(6-9-24-13-22-14-4-1-2-5-15(14)24)25-11-10-23(12-16(25)18(27)28)19-20-7-3-8-21-19/h1-5,7-8,13,16H,6,9-12H2,(H,27,28). The maximum atomic E-state index is 12.8. The van der Waals surface area contributed by atoms with Gasteiger partial charge in [0.25, 0.3) is 0 Å². The predicted molar refractivity (Wildman–Crippen MR) is 102 cm³/mol. The number of aryl methyl sites for hydroxylation is 1. The average Bonchev–Trinajstić information content (AvgIpc) is 3.15. The molecule has 1 amide bonds. The molecular formula is C19H20N6O3. The second-order valence-corrected chi connectivity index (χ2v) is 6.61. The van der Waals surface area contributed by atoms with Crippen LogP contribution in [0.15, 0.2) is 49.1 Å². The number of anilines is 1. The number of aliphatic carboxylic acids is 1. The third-order valence-corrected chi connectivity index (χ3v) is 4.91. The zero-order chi connectivity index (χ0) is 19.5. The molecule has 1 atom stereocenters. The third kappa shape index (κ3) is 3.51. The average molecular weight is 380 g/mol. The van der Waals surface area contributed by atoms with Gasteiger partial charge in [0.05, 0.1) is 23.9 Å². The Labute approximate surface area is 161 Å². The highest BCUT2D eigenvalue weighted by atomic mass is 16.4. The first kappa shape index (κ1) is 17.9. The predicted octanol–water partition coefficient (Wildman–Crippen LogP) is 1.02. The van der Waals surface area contributed by atoms with Crippen LogP contribution in [-0.2, 0) is 16.1 Å². The van der Waals surface area contributed by atoms with Crippen LogP contribution in [0.25, 0.3) is 11.0 Å². The SMILES string of the molecule is O=C(O)C1CN(c2ncccn2)CCN1C(=O)CCn1cnc2ccccc21. The van der Waals surface area contributed by atoms with Crippen molar-refractivity contribution in [3.8, 4) is 0 Å². The van der Waals surface area contributed by atoms with Crippen molar-refractivity contribution >= 4 is 28.9 Å². The van der Waals surface area contributed by atoms with E-state index in [1.165, 1.54) is 4.90 Å². The molecule has 2 aromatic heterocycles. The molecule has 1 N–H and O–H groups in total. The van der Waals surface area contributed by atoms with Crippen molar-refractivity contribution < 1.29 is 14.7 Å². The van der Waals surface area contributed by atoms with Gasteiger partial charge in [-0.05, 0) is 18.2 Å². The maximum Gasteiger partial charge on any atom is 0.328 e. The molecule has 1 aliphatic heterocycles. The van der Waals surface area contributed by atoms with Gasteiger partial charge >= 0.3 is 5.97 Å². The van der Waals surface area contributed by atoms with E-state index in [0.29, 0.717) is 25.6 Å². The van der Waals surface area contributed by atoms with Crippen LogP contribution >= 0.6 is 0 Å². The summed E-state index contributed by atoms with van der Waals surface area (Å²) in [5.74, 6) is -0.730. The highest BCUT2D eigenvalue weighted by molar-refractivity contribution is 5.85. The van der Waals surface area contributed by atoms with Gasteiger partial charge in [0.1, 0.15) is 6.04 Å². The van der Waals surface area contributed by atoms with E-state index in [1.807, 2.05) is 28.8 Å². The van der Waals surface area contributed by atoms with Crippen LogP contribution in [0.4, 0.5) is 5.95 Å². The number of aromatic nitrogens is 4. The van der Waals surface area contributed by atoms with Crippen LogP contribution in [0, 0.1) is 0 Å². The number of rotatable bonds is 5. The lowest BCUT2D eigenvalue weighted by Gasteiger charge is -2.39. The Morgan fingerprint density at radius 1 is 1.07 bits per heavy atom. The number of imidazole rings is 1. The summed E-state index contributed by atoms with van der Waals surface area (Å²) in [4.78, 5) is 40.5. The minimum absolute atomic E-state index is 0.166. The molecule has 4 rings (SSSR count). The fourth-order valence-electron chi connectivity index (χ4n) is 3.48. The summed E-state index contributed by atoms with van der Waals surface area (Å²) in [5.41, 5.74) is 1.82. The number of hydrogen-bond donors (Lipinski definition) is 1. The summed E-state index contributed by atoms with van der Waals surface area (Å²) in [6.07, 6.45) is 5.15. The van der Waals surface area contributed by atoms with E-state index in [-0.39, 0.29) is 18.9 Å². The Balaban J connectivity index is 1.44. The summed E-state index contributed by atoms with van der Waals surface area (Å²) < 4.78 is 1.91. The molecule has 0 spiro atoms. The number of para-hydroxylation sites is 2. The number of benzene rings is 1. The van der Waals surface area contributed by atoms with E-state index in [4.69, 9.17) is 0 Å². The molecule has 1 unspecified atom stereocenters. The number of piperazine rings is 1. The van der Waals surface area contributed by atoms with Gasteiger partial charge in [-0.2, -0.15) is 0 Å². The lowest BCUT2D eigenvalue weighted by molar-refractivity contribution is -0.150. The van der Waals surface area contributed by atoms with Crippen molar-refractivity contribution in [3.05, 3.63) is 49.1 Å². The van der Waals surface area contributed by atoms with E-state index < -0.39 is 12.0 Å². The Morgan fingerprint density at radius 2 is 1.86 bits per heavy atom. The van der Waals surface area contributed by atoms with E-state index >= 15 is 0 Å². The normalized spacial score (nSPS) is 17.1. The molecule has 1 saturated heterocycles. The topological polar surface area (TPSA) is 104 Å². The molecular weight excluding hydrogens is 360 g/mol. The van der Waals surface area contributed by atoms with Gasteiger partial charge in [0.15, 0.2) is 0 Å². The molecule has 1 aliphatic rings. The van der Waals surface area contributed by atoms with Crippen LogP contribution in [-0.4, -0.2) is 67.1 Å². The lowest BCUT2D eigenvalue weighted by atomic mass is 10.1. The zero-order valence-electron chi connectivity index (χ0n) is 15.2. The van der Waals surface area contributed by atoms with Crippen molar-refractivity contribution in [2.75, 3.05) is 24.5 Å². The molecule has 0 radical (unpaired) electrons. The van der Waals surface area contributed by atoms with Crippen LogP contribution in [0.1, 0.15) is 6.42 Å². The number of carbonyl (C=O) groups excluding carboxylic acids is 1. The van der Waals surface area contributed by atoms with Crippen molar-refractivity contribution in [3.63, 3.8) is 0 Å². The van der Waals surface area contributed by atoms with E-state index in [1.54, 1.807) is 29.7 Å². The number of carboxylic acid groups (broad SMARTS) is 1. The first-order valence-electron chi connectivity index (χ1n) is 9.07. The Hall–Kier alpha value is -3.49. The number of nitrogens with zero attached hydrogens (tertiary/aromatic N) is 6. The summed E-state index contributed by atoms with van der Waals surface area (Å²) in [6, 6.07) is 8.48. The molecule has 3 heterocycles. The number of carboxylic acids is 1. The number of hydrogen-bond acceptors (Lipinski definition) is 6. The van der Waals surface area contributed by atoms with E-state index in [0.717, 1.165) is 11.0 Å². The molecule has 0 bridgehead atoms. The van der Waals surface area contributed by atoms with Crippen LogP contribution < -0.4 is 4.90 Å².